The molecule has 1 unspecified atom stereocenters. The average molecular weight is 285 g/mol. The highest BCUT2D eigenvalue weighted by Crippen LogP contribution is 2.40. The van der Waals surface area contributed by atoms with Crippen molar-refractivity contribution < 1.29 is 13.2 Å². The third-order valence-corrected chi connectivity index (χ3v) is 3.52. The van der Waals surface area contributed by atoms with Crippen LogP contribution in [0.3, 0.4) is 0 Å². The van der Waals surface area contributed by atoms with E-state index in [0.29, 0.717) is 5.56 Å². The van der Waals surface area contributed by atoms with Crippen LogP contribution >= 0.6 is 23.2 Å². The molecule has 1 rings (SSSR count). The van der Waals surface area contributed by atoms with Crippen LogP contribution in [0.4, 0.5) is 13.2 Å². The smallest absolute Gasteiger partial charge is 0.166 e. The fourth-order valence-electron chi connectivity index (χ4n) is 1.49. The first-order valence-corrected chi connectivity index (χ1v) is 5.96. The van der Waals surface area contributed by atoms with Gasteiger partial charge < -0.3 is 0 Å². The van der Waals surface area contributed by atoms with Gasteiger partial charge in [0.25, 0.3) is 0 Å². The summed E-state index contributed by atoms with van der Waals surface area (Å²) in [6.07, 6.45) is -4.45. The summed E-state index contributed by atoms with van der Waals surface area (Å²) >= 11 is 11.5. The lowest BCUT2D eigenvalue weighted by atomic mass is 9.89. The minimum Gasteiger partial charge on any atom is -0.166 e. The second kappa shape index (κ2) is 5.07. The van der Waals surface area contributed by atoms with Crippen LogP contribution in [0.2, 0.25) is 10.0 Å². The largest absolute Gasteiger partial charge is 0.417 e. The summed E-state index contributed by atoms with van der Waals surface area (Å²) in [6, 6.07) is 2.22. The Hall–Kier alpha value is -0.410. The average Bonchev–Trinajstić information content (AvgIpc) is 2.14. The van der Waals surface area contributed by atoms with E-state index >= 15 is 0 Å². The molecular weight excluding hydrogens is 272 g/mol. The zero-order chi connectivity index (χ0) is 13.4. The molecule has 0 aliphatic heterocycles. The summed E-state index contributed by atoms with van der Waals surface area (Å²) in [5.41, 5.74) is -0.343. The summed E-state index contributed by atoms with van der Waals surface area (Å²) in [7, 11) is 0. The number of halogens is 5. The molecule has 0 heterocycles. The molecule has 0 aliphatic carbocycles. The van der Waals surface area contributed by atoms with E-state index in [1.165, 1.54) is 6.07 Å². The summed E-state index contributed by atoms with van der Waals surface area (Å²) < 4.78 is 38.1. The molecule has 0 nitrogen and oxygen atoms in total. The van der Waals surface area contributed by atoms with Crippen LogP contribution in [0.15, 0.2) is 12.1 Å². The van der Waals surface area contributed by atoms with E-state index < -0.39 is 11.7 Å². The number of alkyl halides is 3. The van der Waals surface area contributed by atoms with Crippen LogP contribution in [0.5, 0.6) is 0 Å². The van der Waals surface area contributed by atoms with Crippen LogP contribution in [0.25, 0.3) is 0 Å². The van der Waals surface area contributed by atoms with Gasteiger partial charge >= 0.3 is 6.18 Å². The normalized spacial score (nSPS) is 14.2. The Morgan fingerprint density at radius 1 is 1.00 bits per heavy atom. The lowest BCUT2D eigenvalue weighted by Crippen LogP contribution is -2.09. The van der Waals surface area contributed by atoms with Crippen molar-refractivity contribution >= 4 is 23.2 Å². The monoisotopic (exact) mass is 284 g/mol. The number of rotatable bonds is 2. The molecule has 0 saturated heterocycles. The van der Waals surface area contributed by atoms with Crippen LogP contribution < -0.4 is 0 Å². The third kappa shape index (κ3) is 3.29. The van der Waals surface area contributed by atoms with Crippen LogP contribution in [-0.4, -0.2) is 0 Å². The van der Waals surface area contributed by atoms with E-state index in [9.17, 15) is 13.2 Å². The van der Waals surface area contributed by atoms with Crippen molar-refractivity contribution in [2.24, 2.45) is 5.92 Å². The van der Waals surface area contributed by atoms with Gasteiger partial charge in [0.2, 0.25) is 0 Å². The lowest BCUT2D eigenvalue weighted by molar-refractivity contribution is -0.137. The first-order valence-electron chi connectivity index (χ1n) is 5.20. The van der Waals surface area contributed by atoms with Crippen molar-refractivity contribution in [1.29, 1.82) is 0 Å². The van der Waals surface area contributed by atoms with Crippen molar-refractivity contribution in [3.05, 3.63) is 33.3 Å². The van der Waals surface area contributed by atoms with E-state index in [1.807, 2.05) is 20.8 Å². The molecule has 17 heavy (non-hydrogen) atoms. The Kier molecular flexibility index (Phi) is 4.37. The molecule has 96 valence electrons. The van der Waals surface area contributed by atoms with Crippen molar-refractivity contribution in [3.63, 3.8) is 0 Å². The van der Waals surface area contributed by atoms with Crippen molar-refractivity contribution in [2.75, 3.05) is 0 Å². The molecule has 0 fully saturated rings. The number of hydrogen-bond acceptors (Lipinski definition) is 0. The Labute approximate surface area is 109 Å². The van der Waals surface area contributed by atoms with E-state index in [0.717, 1.165) is 6.07 Å². The Bertz CT molecular complexity index is 411. The van der Waals surface area contributed by atoms with Gasteiger partial charge in [-0.15, -0.1) is 0 Å². The SMILES string of the molecule is CC(C)C(C)c1cc(C(F)(F)F)c(Cl)cc1Cl. The van der Waals surface area contributed by atoms with Crippen molar-refractivity contribution in [3.8, 4) is 0 Å². The maximum Gasteiger partial charge on any atom is 0.417 e. The first-order chi connectivity index (χ1) is 7.64. The van der Waals surface area contributed by atoms with E-state index in [4.69, 9.17) is 23.2 Å². The summed E-state index contributed by atoms with van der Waals surface area (Å²) in [5, 5.41) is -0.0774. The maximum atomic E-state index is 12.7. The molecule has 0 radical (unpaired) electrons. The maximum absolute atomic E-state index is 12.7. The molecule has 0 saturated carbocycles. The second-order valence-electron chi connectivity index (χ2n) is 4.38. The van der Waals surface area contributed by atoms with Gasteiger partial charge in [-0.2, -0.15) is 13.2 Å². The fraction of sp³-hybridized carbons (Fsp3) is 0.500. The van der Waals surface area contributed by atoms with Crippen LogP contribution in [-0.2, 0) is 6.18 Å². The van der Waals surface area contributed by atoms with Gasteiger partial charge in [-0.1, -0.05) is 44.0 Å². The molecule has 0 bridgehead atoms. The standard InChI is InChI=1S/C12H13Cl2F3/c1-6(2)7(3)8-4-9(12(15,16)17)11(14)5-10(8)13/h4-7H,1-3H3. The van der Waals surface area contributed by atoms with E-state index in [1.54, 1.807) is 0 Å². The van der Waals surface area contributed by atoms with Gasteiger partial charge in [0.1, 0.15) is 0 Å². The second-order valence-corrected chi connectivity index (χ2v) is 5.20. The predicted octanol–water partition coefficient (Wildman–Crippen LogP) is 5.77. The van der Waals surface area contributed by atoms with Crippen molar-refractivity contribution in [2.45, 2.75) is 32.9 Å². The number of hydrogen-bond donors (Lipinski definition) is 0. The highest BCUT2D eigenvalue weighted by molar-refractivity contribution is 6.35. The van der Waals surface area contributed by atoms with Crippen LogP contribution in [0, 0.1) is 5.92 Å². The quantitative estimate of drug-likeness (QED) is 0.647. The highest BCUT2D eigenvalue weighted by Gasteiger charge is 2.34. The minimum atomic E-state index is -4.45. The molecule has 1 aromatic rings. The van der Waals surface area contributed by atoms with Gasteiger partial charge in [0, 0.05) is 5.02 Å². The van der Waals surface area contributed by atoms with Gasteiger partial charge in [-0.05, 0) is 29.5 Å². The Balaban J connectivity index is 3.34. The number of benzene rings is 1. The van der Waals surface area contributed by atoms with Gasteiger partial charge in [-0.3, -0.25) is 0 Å². The minimum absolute atomic E-state index is 0.0548. The molecule has 0 N–H and O–H groups in total. The topological polar surface area (TPSA) is 0 Å². The summed E-state index contributed by atoms with van der Waals surface area (Å²) in [6.45, 7) is 5.71. The molecule has 1 atom stereocenters. The van der Waals surface area contributed by atoms with Gasteiger partial charge in [-0.25, -0.2) is 0 Å². The Morgan fingerprint density at radius 3 is 1.94 bits per heavy atom. The molecular formula is C12H13Cl2F3. The Morgan fingerprint density at radius 2 is 1.53 bits per heavy atom. The third-order valence-electron chi connectivity index (χ3n) is 2.88. The molecule has 1 aromatic carbocycles. The summed E-state index contributed by atoms with van der Waals surface area (Å²) in [4.78, 5) is 0. The van der Waals surface area contributed by atoms with Crippen molar-refractivity contribution in [1.82, 2.24) is 0 Å². The van der Waals surface area contributed by atoms with Crippen LogP contribution in [0.1, 0.15) is 37.8 Å². The lowest BCUT2D eigenvalue weighted by Gasteiger charge is -2.20. The highest BCUT2D eigenvalue weighted by atomic mass is 35.5. The molecule has 0 amide bonds. The zero-order valence-corrected chi connectivity index (χ0v) is 11.2. The first kappa shape index (κ1) is 14.7. The molecule has 0 spiro atoms. The van der Waals surface area contributed by atoms with E-state index in [2.05, 4.69) is 0 Å². The van der Waals surface area contributed by atoms with E-state index in [-0.39, 0.29) is 21.9 Å². The zero-order valence-electron chi connectivity index (χ0n) is 9.70. The molecule has 0 aromatic heterocycles. The predicted molar refractivity (Wildman–Crippen MR) is 64.7 cm³/mol. The summed E-state index contributed by atoms with van der Waals surface area (Å²) in [5.74, 6) is 0.149. The van der Waals surface area contributed by atoms with Gasteiger partial charge in [0.05, 0.1) is 10.6 Å². The van der Waals surface area contributed by atoms with Gasteiger partial charge in [0.15, 0.2) is 0 Å². The molecule has 0 aliphatic rings. The fourth-order valence-corrected chi connectivity index (χ4v) is 2.15. The molecule has 5 heteroatoms.